The van der Waals surface area contributed by atoms with Crippen molar-refractivity contribution in [3.63, 3.8) is 0 Å². The van der Waals surface area contributed by atoms with Gasteiger partial charge in [-0.1, -0.05) is 23.2 Å². The first-order valence-electron chi connectivity index (χ1n) is 9.78. The molecule has 3 heterocycles. The number of hydrogen-bond donors (Lipinski definition) is 1. The highest BCUT2D eigenvalue weighted by atomic mass is 35.5. The predicted molar refractivity (Wildman–Crippen MR) is 116 cm³/mol. The maximum absolute atomic E-state index is 13.8. The Morgan fingerprint density at radius 1 is 1.17 bits per heavy atom. The van der Waals surface area contributed by atoms with Crippen molar-refractivity contribution < 1.29 is 35.2 Å². The van der Waals surface area contributed by atoms with Gasteiger partial charge in [0.1, 0.15) is 0 Å². The van der Waals surface area contributed by atoms with E-state index < -0.39 is 62.1 Å². The van der Waals surface area contributed by atoms with Crippen LogP contribution in [0.2, 0.25) is 0 Å². The number of nitrogens with two attached hydrogens (primary N) is 1. The third-order valence-electron chi connectivity index (χ3n) is 5.01. The molecule has 1 amide bonds. The molecule has 17 heteroatoms. The third-order valence-corrected chi connectivity index (χ3v) is 6.21. The molecule has 0 radical (unpaired) electrons. The van der Waals surface area contributed by atoms with Gasteiger partial charge in [0.25, 0.3) is 15.9 Å². The molecule has 192 valence electrons. The van der Waals surface area contributed by atoms with Crippen molar-refractivity contribution >= 4 is 50.6 Å². The zero-order chi connectivity index (χ0) is 26.2. The number of halogens is 7. The van der Waals surface area contributed by atoms with E-state index in [0.717, 1.165) is 18.3 Å². The van der Waals surface area contributed by atoms with Crippen molar-refractivity contribution in [2.45, 2.75) is 41.3 Å². The van der Waals surface area contributed by atoms with Crippen LogP contribution in [0.25, 0.3) is 0 Å². The summed E-state index contributed by atoms with van der Waals surface area (Å²) in [6, 6.07) is 2.37. The SMILES string of the molecule is NS(=O)(=O)c1cc(N(C(=O)c2cc(C(F)(F)F)nnc2N2CCCC(F)(F)CC2)C(Cl)Cl)ccn1. The quantitative estimate of drug-likeness (QED) is 0.335. The lowest BCUT2D eigenvalue weighted by atomic mass is 10.1. The fourth-order valence-corrected chi connectivity index (χ4v) is 4.24. The smallest absolute Gasteiger partial charge is 0.354 e. The van der Waals surface area contributed by atoms with Gasteiger partial charge in [0.15, 0.2) is 21.5 Å². The Morgan fingerprint density at radius 2 is 1.86 bits per heavy atom. The molecular weight excluding hydrogens is 546 g/mol. The van der Waals surface area contributed by atoms with Crippen LogP contribution in [0.15, 0.2) is 29.4 Å². The zero-order valence-electron chi connectivity index (χ0n) is 17.5. The van der Waals surface area contributed by atoms with Gasteiger partial charge < -0.3 is 4.90 Å². The maximum Gasteiger partial charge on any atom is 0.435 e. The summed E-state index contributed by atoms with van der Waals surface area (Å²) in [7, 11) is -4.33. The van der Waals surface area contributed by atoms with Crippen molar-refractivity contribution in [2.24, 2.45) is 5.14 Å². The topological polar surface area (TPSA) is 122 Å². The highest BCUT2D eigenvalue weighted by Crippen LogP contribution is 2.35. The molecule has 2 aromatic rings. The van der Waals surface area contributed by atoms with Crippen LogP contribution in [0.3, 0.4) is 0 Å². The molecule has 1 fully saturated rings. The van der Waals surface area contributed by atoms with Crippen molar-refractivity contribution in [1.82, 2.24) is 15.2 Å². The minimum absolute atomic E-state index is 0.0250. The summed E-state index contributed by atoms with van der Waals surface area (Å²) in [6.07, 6.45) is -5.12. The lowest BCUT2D eigenvalue weighted by Crippen LogP contribution is -2.37. The number of sulfonamides is 1. The Morgan fingerprint density at radius 3 is 2.46 bits per heavy atom. The molecule has 0 saturated carbocycles. The van der Waals surface area contributed by atoms with Crippen LogP contribution in [-0.2, 0) is 16.2 Å². The molecule has 3 rings (SSSR count). The van der Waals surface area contributed by atoms with E-state index in [9.17, 15) is 35.2 Å². The normalized spacial score (nSPS) is 16.8. The van der Waals surface area contributed by atoms with Gasteiger partial charge >= 0.3 is 6.18 Å². The molecule has 2 aromatic heterocycles. The van der Waals surface area contributed by atoms with E-state index in [1.807, 2.05) is 0 Å². The first-order valence-corrected chi connectivity index (χ1v) is 12.2. The second-order valence-corrected chi connectivity index (χ2v) is 10.1. The lowest BCUT2D eigenvalue weighted by Gasteiger charge is -2.28. The Kier molecular flexibility index (Phi) is 7.74. The number of carbonyl (C=O) groups excluding carboxylic acids is 1. The first kappa shape index (κ1) is 27.2. The van der Waals surface area contributed by atoms with Gasteiger partial charge in [-0.05, 0) is 18.6 Å². The number of anilines is 2. The fourth-order valence-electron chi connectivity index (χ4n) is 3.34. The van der Waals surface area contributed by atoms with Gasteiger partial charge in [0, 0.05) is 38.2 Å². The number of rotatable bonds is 5. The van der Waals surface area contributed by atoms with Crippen LogP contribution in [0.1, 0.15) is 35.3 Å². The molecule has 1 aliphatic rings. The standard InChI is InChI=1S/C18H17Cl2F5N6O3S/c19-16(20)31(10-2-5-27-13(8-10)35(26,33)34)15(32)11-9-12(18(23,24)25)28-29-14(11)30-6-1-3-17(21,22)4-7-30/h2,5,8-9,16H,1,3-4,6-7H2,(H2,26,33,34). The number of alkyl halides is 7. The summed E-state index contributed by atoms with van der Waals surface area (Å²) in [5, 5.41) is 11.0. The average Bonchev–Trinajstić information content (AvgIpc) is 2.92. The van der Waals surface area contributed by atoms with Gasteiger partial charge in [-0.2, -0.15) is 13.2 Å². The van der Waals surface area contributed by atoms with Crippen molar-refractivity contribution in [3.8, 4) is 0 Å². The van der Waals surface area contributed by atoms with Crippen molar-refractivity contribution in [3.05, 3.63) is 35.7 Å². The monoisotopic (exact) mass is 562 g/mol. The van der Waals surface area contributed by atoms with E-state index in [1.54, 1.807) is 0 Å². The molecule has 0 aliphatic carbocycles. The van der Waals surface area contributed by atoms with Crippen LogP contribution in [0, 0.1) is 0 Å². The Labute approximate surface area is 206 Å². The zero-order valence-corrected chi connectivity index (χ0v) is 19.8. The predicted octanol–water partition coefficient (Wildman–Crippen LogP) is 3.57. The van der Waals surface area contributed by atoms with Gasteiger partial charge in [-0.3, -0.25) is 9.69 Å². The van der Waals surface area contributed by atoms with E-state index in [1.165, 1.54) is 4.90 Å². The summed E-state index contributed by atoms with van der Waals surface area (Å²) < 4.78 is 91.0. The molecule has 2 N–H and O–H groups in total. The molecule has 0 aromatic carbocycles. The van der Waals surface area contributed by atoms with Crippen LogP contribution in [0.4, 0.5) is 33.5 Å². The largest absolute Gasteiger partial charge is 0.435 e. The van der Waals surface area contributed by atoms with Crippen molar-refractivity contribution in [2.75, 3.05) is 22.9 Å². The summed E-state index contributed by atoms with van der Waals surface area (Å²) in [6.45, 7) is -0.352. The molecule has 0 unspecified atom stereocenters. The second-order valence-electron chi connectivity index (χ2n) is 7.51. The van der Waals surface area contributed by atoms with Crippen LogP contribution >= 0.6 is 23.2 Å². The van der Waals surface area contributed by atoms with E-state index >= 15 is 0 Å². The fraction of sp³-hybridized carbons (Fsp3) is 0.444. The third kappa shape index (κ3) is 6.45. The Hall–Kier alpha value is -2.36. The van der Waals surface area contributed by atoms with E-state index in [-0.39, 0.29) is 31.0 Å². The minimum Gasteiger partial charge on any atom is -0.354 e. The summed E-state index contributed by atoms with van der Waals surface area (Å²) >= 11 is 11.8. The van der Waals surface area contributed by atoms with Gasteiger partial charge in [-0.15, -0.1) is 10.2 Å². The lowest BCUT2D eigenvalue weighted by molar-refractivity contribution is -0.141. The van der Waals surface area contributed by atoms with E-state index in [4.69, 9.17) is 28.3 Å². The average molecular weight is 563 g/mol. The van der Waals surface area contributed by atoms with Crippen LogP contribution in [-0.4, -0.2) is 53.5 Å². The number of pyridine rings is 1. The number of hydrogen-bond acceptors (Lipinski definition) is 7. The van der Waals surface area contributed by atoms with Gasteiger partial charge in [-0.25, -0.2) is 27.3 Å². The molecule has 35 heavy (non-hydrogen) atoms. The Balaban J connectivity index is 2.13. The first-order chi connectivity index (χ1) is 16.1. The Bertz CT molecular complexity index is 1220. The highest BCUT2D eigenvalue weighted by Gasteiger charge is 2.38. The van der Waals surface area contributed by atoms with Crippen LogP contribution in [0.5, 0.6) is 0 Å². The van der Waals surface area contributed by atoms with E-state index in [2.05, 4.69) is 15.2 Å². The van der Waals surface area contributed by atoms with E-state index in [0.29, 0.717) is 11.0 Å². The number of carbonyl (C=O) groups is 1. The second kappa shape index (κ2) is 9.95. The number of nitrogens with zero attached hydrogens (tertiary/aromatic N) is 5. The molecule has 0 spiro atoms. The summed E-state index contributed by atoms with van der Waals surface area (Å²) in [5.41, 5.74) is -2.47. The van der Waals surface area contributed by atoms with Crippen molar-refractivity contribution in [1.29, 1.82) is 0 Å². The summed E-state index contributed by atoms with van der Waals surface area (Å²) in [4.78, 5) is 17.1. The molecule has 9 nitrogen and oxygen atoms in total. The highest BCUT2D eigenvalue weighted by molar-refractivity contribution is 7.89. The number of primary sulfonamides is 1. The molecule has 0 atom stereocenters. The van der Waals surface area contributed by atoms with Crippen LogP contribution < -0.4 is 14.9 Å². The molecular formula is C18H17Cl2F5N6O3S. The minimum atomic E-state index is -4.99. The molecule has 0 bridgehead atoms. The molecule has 1 saturated heterocycles. The molecule has 1 aliphatic heterocycles. The number of aromatic nitrogens is 3. The van der Waals surface area contributed by atoms with Gasteiger partial charge in [0.05, 0.1) is 11.3 Å². The van der Waals surface area contributed by atoms with Gasteiger partial charge in [0.2, 0.25) is 5.92 Å². The maximum atomic E-state index is 13.8. The number of amides is 1. The summed E-state index contributed by atoms with van der Waals surface area (Å²) in [5.74, 6) is -4.61.